The van der Waals surface area contributed by atoms with E-state index in [1.54, 1.807) is 25.2 Å². The van der Waals surface area contributed by atoms with Gasteiger partial charge in [0.2, 0.25) is 0 Å². The molecular formula is C9H10N2O2. The van der Waals surface area contributed by atoms with Gasteiger partial charge in [-0.25, -0.2) is 0 Å². The molecular weight excluding hydrogens is 168 g/mol. The van der Waals surface area contributed by atoms with Crippen molar-refractivity contribution >= 4 is 5.78 Å². The molecule has 0 fully saturated rings. The molecule has 1 aromatic rings. The Kier molecular flexibility index (Phi) is 2.49. The SMILES string of the molecule is CC(=O)c1ccc([C@@H](O)C#N)n1C. The van der Waals surface area contributed by atoms with Crippen LogP contribution in [0.1, 0.15) is 29.2 Å². The zero-order valence-electron chi connectivity index (χ0n) is 7.48. The van der Waals surface area contributed by atoms with Gasteiger partial charge < -0.3 is 9.67 Å². The molecule has 0 bridgehead atoms. The number of ketones is 1. The van der Waals surface area contributed by atoms with Gasteiger partial charge in [-0.2, -0.15) is 5.26 Å². The topological polar surface area (TPSA) is 66.0 Å². The lowest BCUT2D eigenvalue weighted by molar-refractivity contribution is 0.100. The summed E-state index contributed by atoms with van der Waals surface area (Å²) in [5, 5.41) is 17.7. The number of aliphatic hydroxyl groups is 1. The monoisotopic (exact) mass is 178 g/mol. The van der Waals surface area contributed by atoms with Crippen LogP contribution in [0.4, 0.5) is 0 Å². The number of Topliss-reactive ketones (excluding diaryl/α,β-unsaturated/α-hetero) is 1. The maximum absolute atomic E-state index is 11.0. The Balaban J connectivity index is 3.15. The van der Waals surface area contributed by atoms with Crippen molar-refractivity contribution in [1.82, 2.24) is 4.57 Å². The van der Waals surface area contributed by atoms with E-state index in [4.69, 9.17) is 5.26 Å². The van der Waals surface area contributed by atoms with Crippen molar-refractivity contribution in [2.24, 2.45) is 7.05 Å². The maximum Gasteiger partial charge on any atom is 0.180 e. The van der Waals surface area contributed by atoms with Crippen molar-refractivity contribution in [1.29, 1.82) is 5.26 Å². The molecule has 4 heteroatoms. The molecule has 1 rings (SSSR count). The van der Waals surface area contributed by atoms with Gasteiger partial charge in [0, 0.05) is 14.0 Å². The first kappa shape index (κ1) is 9.49. The summed E-state index contributed by atoms with van der Waals surface area (Å²) >= 11 is 0. The number of hydrogen-bond donors (Lipinski definition) is 1. The summed E-state index contributed by atoms with van der Waals surface area (Å²) < 4.78 is 1.52. The Morgan fingerprint density at radius 1 is 1.69 bits per heavy atom. The first-order valence-corrected chi connectivity index (χ1v) is 3.82. The maximum atomic E-state index is 11.0. The van der Waals surface area contributed by atoms with Gasteiger partial charge in [-0.3, -0.25) is 4.79 Å². The van der Waals surface area contributed by atoms with E-state index >= 15 is 0 Å². The van der Waals surface area contributed by atoms with Crippen molar-refractivity contribution in [3.05, 3.63) is 23.5 Å². The number of aliphatic hydroxyl groups excluding tert-OH is 1. The Bertz CT molecular complexity index is 373. The minimum atomic E-state index is -1.17. The number of carbonyl (C=O) groups excluding carboxylic acids is 1. The van der Waals surface area contributed by atoms with Crippen LogP contribution >= 0.6 is 0 Å². The minimum Gasteiger partial charge on any atom is -0.373 e. The molecule has 1 heterocycles. The molecule has 1 atom stereocenters. The fraction of sp³-hybridized carbons (Fsp3) is 0.333. The lowest BCUT2D eigenvalue weighted by Crippen LogP contribution is -2.07. The Morgan fingerprint density at radius 3 is 2.69 bits per heavy atom. The highest BCUT2D eigenvalue weighted by molar-refractivity contribution is 5.92. The van der Waals surface area contributed by atoms with Gasteiger partial charge in [-0.05, 0) is 12.1 Å². The van der Waals surface area contributed by atoms with Crippen molar-refractivity contribution in [2.75, 3.05) is 0 Å². The standard InChI is InChI=1S/C9H10N2O2/c1-6(12)7-3-4-8(11(7)2)9(13)5-10/h3-4,9,13H,1-2H3/t9-/m0/s1. The van der Waals surface area contributed by atoms with Crippen molar-refractivity contribution in [2.45, 2.75) is 13.0 Å². The fourth-order valence-electron chi connectivity index (χ4n) is 1.22. The minimum absolute atomic E-state index is 0.0844. The van der Waals surface area contributed by atoms with Crippen LogP contribution in [0, 0.1) is 11.3 Å². The average molecular weight is 178 g/mol. The first-order valence-electron chi connectivity index (χ1n) is 3.82. The Labute approximate surface area is 76.0 Å². The third-order valence-electron chi connectivity index (χ3n) is 1.92. The summed E-state index contributed by atoms with van der Waals surface area (Å²) in [5.41, 5.74) is 0.928. The molecule has 1 N–H and O–H groups in total. The molecule has 0 aliphatic heterocycles. The number of hydrogen-bond acceptors (Lipinski definition) is 3. The van der Waals surface area contributed by atoms with Crippen LogP contribution in [-0.2, 0) is 7.05 Å². The van der Waals surface area contributed by atoms with Crippen molar-refractivity contribution in [3.63, 3.8) is 0 Å². The molecule has 0 unspecified atom stereocenters. The third kappa shape index (κ3) is 1.60. The normalized spacial score (nSPS) is 12.2. The van der Waals surface area contributed by atoms with Gasteiger partial charge in [-0.1, -0.05) is 0 Å². The van der Waals surface area contributed by atoms with E-state index in [0.29, 0.717) is 11.4 Å². The second-order valence-electron chi connectivity index (χ2n) is 2.79. The molecule has 68 valence electrons. The molecule has 0 amide bonds. The van der Waals surface area contributed by atoms with E-state index in [2.05, 4.69) is 0 Å². The van der Waals surface area contributed by atoms with E-state index in [0.717, 1.165) is 0 Å². The molecule has 0 spiro atoms. The van der Waals surface area contributed by atoms with Gasteiger partial charge in [0.15, 0.2) is 11.9 Å². The van der Waals surface area contributed by atoms with Gasteiger partial charge >= 0.3 is 0 Å². The van der Waals surface area contributed by atoms with Crippen molar-refractivity contribution in [3.8, 4) is 6.07 Å². The van der Waals surface area contributed by atoms with E-state index < -0.39 is 6.10 Å². The highest BCUT2D eigenvalue weighted by atomic mass is 16.3. The number of rotatable bonds is 2. The van der Waals surface area contributed by atoms with Gasteiger partial charge in [0.1, 0.15) is 6.07 Å². The molecule has 0 aliphatic rings. The largest absolute Gasteiger partial charge is 0.373 e. The quantitative estimate of drug-likeness (QED) is 0.537. The van der Waals surface area contributed by atoms with Crippen LogP contribution in [0.25, 0.3) is 0 Å². The fourth-order valence-corrected chi connectivity index (χ4v) is 1.22. The average Bonchev–Trinajstić information content (AvgIpc) is 2.46. The van der Waals surface area contributed by atoms with E-state index in [1.165, 1.54) is 11.5 Å². The summed E-state index contributed by atoms with van der Waals surface area (Å²) in [6.07, 6.45) is -1.17. The zero-order valence-corrected chi connectivity index (χ0v) is 7.48. The molecule has 0 saturated carbocycles. The van der Waals surface area contributed by atoms with Gasteiger partial charge in [-0.15, -0.1) is 0 Å². The number of nitrogens with zero attached hydrogens (tertiary/aromatic N) is 2. The Hall–Kier alpha value is -1.60. The molecule has 1 aromatic heterocycles. The third-order valence-corrected chi connectivity index (χ3v) is 1.92. The van der Waals surface area contributed by atoms with E-state index in [9.17, 15) is 9.90 Å². The Morgan fingerprint density at radius 2 is 2.31 bits per heavy atom. The summed E-state index contributed by atoms with van der Waals surface area (Å²) in [6.45, 7) is 1.44. The first-order chi connectivity index (χ1) is 6.07. The van der Waals surface area contributed by atoms with E-state index in [1.807, 2.05) is 0 Å². The predicted octanol–water partition coefficient (Wildman–Crippen LogP) is 0.785. The van der Waals surface area contributed by atoms with Gasteiger partial charge in [0.25, 0.3) is 0 Å². The zero-order chi connectivity index (χ0) is 10.0. The number of nitriles is 1. The van der Waals surface area contributed by atoms with Crippen LogP contribution in [0.2, 0.25) is 0 Å². The lowest BCUT2D eigenvalue weighted by Gasteiger charge is -2.05. The summed E-state index contributed by atoms with van der Waals surface area (Å²) in [7, 11) is 1.65. The second kappa shape index (κ2) is 3.42. The van der Waals surface area contributed by atoms with Crippen LogP contribution < -0.4 is 0 Å². The van der Waals surface area contributed by atoms with Gasteiger partial charge in [0.05, 0.1) is 11.4 Å². The van der Waals surface area contributed by atoms with Crippen LogP contribution in [-0.4, -0.2) is 15.5 Å². The molecule has 13 heavy (non-hydrogen) atoms. The molecule has 4 nitrogen and oxygen atoms in total. The van der Waals surface area contributed by atoms with E-state index in [-0.39, 0.29) is 5.78 Å². The summed E-state index contributed by atoms with van der Waals surface area (Å²) in [4.78, 5) is 11.0. The number of carbonyl (C=O) groups is 1. The van der Waals surface area contributed by atoms with Crippen LogP contribution in [0.3, 0.4) is 0 Å². The molecule has 0 aromatic carbocycles. The predicted molar refractivity (Wildman–Crippen MR) is 46.0 cm³/mol. The number of aromatic nitrogens is 1. The van der Waals surface area contributed by atoms with Crippen LogP contribution in [0.5, 0.6) is 0 Å². The second-order valence-corrected chi connectivity index (χ2v) is 2.79. The van der Waals surface area contributed by atoms with Crippen LogP contribution in [0.15, 0.2) is 12.1 Å². The highest BCUT2D eigenvalue weighted by Gasteiger charge is 2.13. The molecule has 0 radical (unpaired) electrons. The highest BCUT2D eigenvalue weighted by Crippen LogP contribution is 2.15. The summed E-state index contributed by atoms with van der Waals surface area (Å²) in [6, 6.07) is 4.87. The molecule has 0 aliphatic carbocycles. The lowest BCUT2D eigenvalue weighted by atomic mass is 10.3. The summed E-state index contributed by atoms with van der Waals surface area (Å²) in [5.74, 6) is -0.0844. The van der Waals surface area contributed by atoms with Crippen molar-refractivity contribution < 1.29 is 9.90 Å². The smallest absolute Gasteiger partial charge is 0.180 e. The molecule has 0 saturated heterocycles.